The molecule has 0 aromatic rings. The summed E-state index contributed by atoms with van der Waals surface area (Å²) in [5.41, 5.74) is -2.24. The number of hydrogen-bond donors (Lipinski definition) is 2. The highest BCUT2D eigenvalue weighted by Gasteiger charge is 2.44. The van der Waals surface area contributed by atoms with Crippen molar-refractivity contribution in [3.8, 4) is 0 Å². The number of rotatable bonds is 5. The normalized spacial score (nSPS) is 26.9. The van der Waals surface area contributed by atoms with Crippen LogP contribution in [0.3, 0.4) is 0 Å². The van der Waals surface area contributed by atoms with E-state index in [0.717, 1.165) is 0 Å². The first kappa shape index (κ1) is 14.8. The second-order valence-electron chi connectivity index (χ2n) is 5.81. The summed E-state index contributed by atoms with van der Waals surface area (Å²) < 4.78 is 10.5. The molecule has 1 aliphatic carbocycles. The summed E-state index contributed by atoms with van der Waals surface area (Å²) in [4.78, 5) is 12.4. The Hall–Kier alpha value is -1.59. The fourth-order valence-electron chi connectivity index (χ4n) is 2.36. The van der Waals surface area contributed by atoms with Crippen LogP contribution in [-0.4, -0.2) is 34.5 Å². The molecule has 1 heterocycles. The molecule has 110 valence electrons. The largest absolute Gasteiger partial charge is 0.454 e. The van der Waals surface area contributed by atoms with Gasteiger partial charge in [-0.15, -0.1) is 6.58 Å². The van der Waals surface area contributed by atoms with E-state index in [1.807, 2.05) is 0 Å². The fourth-order valence-corrected chi connectivity index (χ4v) is 2.36. The van der Waals surface area contributed by atoms with Gasteiger partial charge in [0, 0.05) is 6.08 Å². The van der Waals surface area contributed by atoms with Crippen molar-refractivity contribution in [3.63, 3.8) is 0 Å². The van der Waals surface area contributed by atoms with Crippen molar-refractivity contribution in [2.75, 3.05) is 6.79 Å². The van der Waals surface area contributed by atoms with Crippen LogP contribution in [0.15, 0.2) is 36.3 Å². The lowest BCUT2D eigenvalue weighted by atomic mass is 9.71. The van der Waals surface area contributed by atoms with E-state index in [-0.39, 0.29) is 19.0 Å². The topological polar surface area (TPSA) is 76.0 Å². The first-order valence-corrected chi connectivity index (χ1v) is 6.55. The van der Waals surface area contributed by atoms with E-state index >= 15 is 0 Å². The average molecular weight is 280 g/mol. The maximum absolute atomic E-state index is 12.4. The first-order valence-electron chi connectivity index (χ1n) is 6.55. The molecule has 5 nitrogen and oxygen atoms in total. The Labute approximate surface area is 118 Å². The van der Waals surface area contributed by atoms with Gasteiger partial charge in [-0.1, -0.05) is 6.08 Å². The van der Waals surface area contributed by atoms with E-state index in [1.54, 1.807) is 12.2 Å². The lowest BCUT2D eigenvalue weighted by Crippen LogP contribution is -2.43. The Kier molecular flexibility index (Phi) is 3.75. The zero-order valence-corrected chi connectivity index (χ0v) is 11.8. The number of carbonyl (C=O) groups is 1. The van der Waals surface area contributed by atoms with Crippen LogP contribution in [0.2, 0.25) is 0 Å². The Bertz CT molecular complexity index is 483. The molecule has 2 atom stereocenters. The predicted molar refractivity (Wildman–Crippen MR) is 72.4 cm³/mol. The summed E-state index contributed by atoms with van der Waals surface area (Å²) >= 11 is 0. The van der Waals surface area contributed by atoms with Gasteiger partial charge in [0.1, 0.15) is 0 Å². The van der Waals surface area contributed by atoms with Gasteiger partial charge in [0.25, 0.3) is 0 Å². The summed E-state index contributed by atoms with van der Waals surface area (Å²) in [6.45, 7) is 6.78. The molecule has 20 heavy (non-hydrogen) atoms. The zero-order valence-electron chi connectivity index (χ0n) is 11.8. The van der Waals surface area contributed by atoms with Crippen molar-refractivity contribution < 1.29 is 24.5 Å². The Morgan fingerprint density at radius 1 is 1.50 bits per heavy atom. The highest BCUT2D eigenvalue weighted by molar-refractivity contribution is 5.98. The smallest absolute Gasteiger partial charge is 0.231 e. The molecule has 2 rings (SSSR count). The summed E-state index contributed by atoms with van der Waals surface area (Å²) in [5.74, 6) is 0.756. The molecule has 0 radical (unpaired) electrons. The summed E-state index contributed by atoms with van der Waals surface area (Å²) in [6, 6.07) is 0. The molecule has 0 aromatic carbocycles. The number of carbonyl (C=O) groups excluding carboxylic acids is 1. The van der Waals surface area contributed by atoms with Crippen molar-refractivity contribution in [2.24, 2.45) is 5.41 Å². The average Bonchev–Trinajstić information content (AvgIpc) is 2.75. The highest BCUT2D eigenvalue weighted by atomic mass is 16.7. The van der Waals surface area contributed by atoms with E-state index in [2.05, 4.69) is 6.58 Å². The van der Waals surface area contributed by atoms with Crippen molar-refractivity contribution in [1.82, 2.24) is 0 Å². The molecule has 0 saturated carbocycles. The molecule has 1 fully saturated rings. The third-order valence-corrected chi connectivity index (χ3v) is 3.71. The Morgan fingerprint density at radius 3 is 2.75 bits per heavy atom. The quantitative estimate of drug-likeness (QED) is 0.745. The number of allylic oxidation sites excluding steroid dienone is 3. The molecule has 0 bridgehead atoms. The van der Waals surface area contributed by atoms with E-state index in [4.69, 9.17) is 9.47 Å². The fraction of sp³-hybridized carbons (Fsp3) is 0.533. The van der Waals surface area contributed by atoms with Crippen LogP contribution in [0.1, 0.15) is 26.7 Å². The van der Waals surface area contributed by atoms with Gasteiger partial charge in [0.2, 0.25) is 6.79 Å². The van der Waals surface area contributed by atoms with Gasteiger partial charge >= 0.3 is 0 Å². The second kappa shape index (κ2) is 5.07. The number of hydrogen-bond acceptors (Lipinski definition) is 5. The number of ether oxygens (including phenoxy) is 2. The first-order chi connectivity index (χ1) is 9.28. The molecule has 5 heteroatoms. The molecule has 2 N–H and O–H groups in total. The van der Waals surface area contributed by atoms with Crippen LogP contribution < -0.4 is 0 Å². The van der Waals surface area contributed by atoms with Gasteiger partial charge in [0.05, 0.1) is 17.1 Å². The van der Waals surface area contributed by atoms with E-state index in [0.29, 0.717) is 17.9 Å². The predicted octanol–water partition coefficient (Wildman–Crippen LogP) is 1.43. The van der Waals surface area contributed by atoms with Gasteiger partial charge in [-0.05, 0) is 32.8 Å². The number of fused-ring (bicyclic) bond motifs is 1. The summed E-state index contributed by atoms with van der Waals surface area (Å²) in [5, 5.41) is 20.0. The van der Waals surface area contributed by atoms with Crippen LogP contribution in [0.5, 0.6) is 0 Å². The molecule has 0 spiro atoms. The zero-order chi connectivity index (χ0) is 15.0. The van der Waals surface area contributed by atoms with E-state index < -0.39 is 17.1 Å². The number of aliphatic hydroxyl groups is 2. The monoisotopic (exact) mass is 280 g/mol. The van der Waals surface area contributed by atoms with Crippen LogP contribution in [0, 0.1) is 5.41 Å². The molecule has 2 aliphatic rings. The van der Waals surface area contributed by atoms with Crippen molar-refractivity contribution in [1.29, 1.82) is 0 Å². The van der Waals surface area contributed by atoms with Gasteiger partial charge in [-0.2, -0.15) is 0 Å². The molecular weight excluding hydrogens is 260 g/mol. The summed E-state index contributed by atoms with van der Waals surface area (Å²) in [7, 11) is 0. The number of aliphatic hydroxyl groups excluding tert-OH is 1. The van der Waals surface area contributed by atoms with E-state index in [9.17, 15) is 15.0 Å². The standard InChI is InChI=1S/C15H20O5/c1-4-5-15(8-13(17)14(2,3)18)7-11-10(6-12(15)16)19-9-20-11/h4,6-7,13,17-18H,1,5,8-9H2,2-3H3/t13-,15+/m1/s1. The molecule has 1 aliphatic heterocycles. The molecule has 0 unspecified atom stereocenters. The molecule has 0 aromatic heterocycles. The van der Waals surface area contributed by atoms with Gasteiger partial charge in [-0.25, -0.2) is 0 Å². The van der Waals surface area contributed by atoms with Crippen LogP contribution in [0.25, 0.3) is 0 Å². The molecule has 0 amide bonds. The minimum absolute atomic E-state index is 0.0865. The number of ketones is 1. The van der Waals surface area contributed by atoms with Crippen LogP contribution in [0.4, 0.5) is 0 Å². The third-order valence-electron chi connectivity index (χ3n) is 3.71. The Balaban J connectivity index is 2.33. The van der Waals surface area contributed by atoms with Gasteiger partial charge in [-0.3, -0.25) is 4.79 Å². The van der Waals surface area contributed by atoms with E-state index in [1.165, 1.54) is 19.9 Å². The molecule has 1 saturated heterocycles. The van der Waals surface area contributed by atoms with Crippen molar-refractivity contribution >= 4 is 5.78 Å². The third kappa shape index (κ3) is 2.64. The van der Waals surface area contributed by atoms with Crippen LogP contribution >= 0.6 is 0 Å². The van der Waals surface area contributed by atoms with Gasteiger partial charge < -0.3 is 19.7 Å². The molecular formula is C15H20O5. The summed E-state index contributed by atoms with van der Waals surface area (Å²) in [6.07, 6.45) is 4.10. The minimum Gasteiger partial charge on any atom is -0.454 e. The Morgan fingerprint density at radius 2 is 2.15 bits per heavy atom. The highest BCUT2D eigenvalue weighted by Crippen LogP contribution is 2.41. The second-order valence-corrected chi connectivity index (χ2v) is 5.81. The maximum atomic E-state index is 12.4. The maximum Gasteiger partial charge on any atom is 0.231 e. The SMILES string of the molecule is C=CC[C@@]1(C[C@@H](O)C(C)(C)O)C=C2OCOC2=CC1=O. The van der Waals surface area contributed by atoms with Gasteiger partial charge in [0.15, 0.2) is 17.3 Å². The van der Waals surface area contributed by atoms with Crippen LogP contribution in [-0.2, 0) is 14.3 Å². The van der Waals surface area contributed by atoms with Crippen molar-refractivity contribution in [3.05, 3.63) is 36.3 Å². The lowest BCUT2D eigenvalue weighted by molar-refractivity contribution is -0.126. The minimum atomic E-state index is -1.29. The van der Waals surface area contributed by atoms with Crippen molar-refractivity contribution in [2.45, 2.75) is 38.4 Å². The lowest BCUT2D eigenvalue weighted by Gasteiger charge is -2.35.